The molecule has 2 heterocycles. The van der Waals surface area contributed by atoms with Gasteiger partial charge in [0.2, 0.25) is 5.91 Å². The molecular weight excluding hydrogens is 250 g/mol. The van der Waals surface area contributed by atoms with E-state index in [-0.39, 0.29) is 5.91 Å². The lowest BCUT2D eigenvalue weighted by Gasteiger charge is -2.18. The van der Waals surface area contributed by atoms with E-state index in [1.165, 1.54) is 18.1 Å². The van der Waals surface area contributed by atoms with Gasteiger partial charge in [0.05, 0.1) is 0 Å². The number of aromatic nitrogens is 3. The summed E-state index contributed by atoms with van der Waals surface area (Å²) in [5.41, 5.74) is 8.51. The summed E-state index contributed by atoms with van der Waals surface area (Å²) < 4.78 is 0. The fourth-order valence-electron chi connectivity index (χ4n) is 1.86. The second-order valence-electron chi connectivity index (χ2n) is 3.99. The van der Waals surface area contributed by atoms with Crippen LogP contribution in [0.3, 0.4) is 0 Å². The van der Waals surface area contributed by atoms with E-state index >= 15 is 0 Å². The van der Waals surface area contributed by atoms with E-state index in [0.717, 1.165) is 22.6 Å². The molecular formula is C11H11N5OS. The number of hydrogen-bond acceptors (Lipinski definition) is 5. The molecule has 92 valence electrons. The van der Waals surface area contributed by atoms with Gasteiger partial charge in [-0.1, -0.05) is 0 Å². The Hall–Kier alpha value is -2.02. The minimum Gasteiger partial charge on any atom is -0.398 e. The Kier molecular flexibility index (Phi) is 2.67. The Labute approximate surface area is 107 Å². The van der Waals surface area contributed by atoms with Gasteiger partial charge >= 0.3 is 0 Å². The lowest BCUT2D eigenvalue weighted by Crippen LogP contribution is -2.19. The monoisotopic (exact) mass is 261 g/mol. The molecule has 0 saturated heterocycles. The molecule has 3 rings (SSSR count). The minimum atomic E-state index is 0.0394. The summed E-state index contributed by atoms with van der Waals surface area (Å²) in [5.74, 6) is 0.0394. The highest BCUT2D eigenvalue weighted by Gasteiger charge is 2.17. The quantitative estimate of drug-likeness (QED) is 0.710. The topological polar surface area (TPSA) is 96.7 Å². The number of fused-ring (bicyclic) bond motifs is 1. The summed E-state index contributed by atoms with van der Waals surface area (Å²) in [6.07, 6.45) is 2.71. The van der Waals surface area contributed by atoms with Crippen molar-refractivity contribution in [2.75, 3.05) is 11.1 Å². The van der Waals surface area contributed by atoms with Crippen LogP contribution in [-0.4, -0.2) is 21.1 Å². The predicted octanol–water partition coefficient (Wildman–Crippen LogP) is 1.42. The van der Waals surface area contributed by atoms with Crippen LogP contribution < -0.4 is 11.1 Å². The van der Waals surface area contributed by atoms with Crippen molar-refractivity contribution in [2.45, 2.75) is 22.9 Å². The first-order chi connectivity index (χ1) is 8.72. The molecule has 0 saturated carbocycles. The van der Waals surface area contributed by atoms with E-state index in [1.54, 1.807) is 6.07 Å². The first kappa shape index (κ1) is 11.1. The molecule has 1 aliphatic heterocycles. The fraction of sp³-hybridized carbons (Fsp3) is 0.182. The van der Waals surface area contributed by atoms with Gasteiger partial charge in [-0.05, 0) is 35.9 Å². The van der Waals surface area contributed by atoms with E-state index in [2.05, 4.69) is 20.5 Å². The largest absolute Gasteiger partial charge is 0.398 e. The predicted molar refractivity (Wildman–Crippen MR) is 68.3 cm³/mol. The summed E-state index contributed by atoms with van der Waals surface area (Å²) >= 11 is 1.43. The van der Waals surface area contributed by atoms with Crippen LogP contribution in [-0.2, 0) is 11.2 Å². The third-order valence-corrected chi connectivity index (χ3v) is 3.69. The van der Waals surface area contributed by atoms with E-state index < -0.39 is 0 Å². The van der Waals surface area contributed by atoms with Crippen molar-refractivity contribution in [1.82, 2.24) is 15.2 Å². The fourth-order valence-corrected chi connectivity index (χ4v) is 2.64. The van der Waals surface area contributed by atoms with Crippen LogP contribution in [0, 0.1) is 0 Å². The van der Waals surface area contributed by atoms with Crippen LogP contribution in [0.2, 0.25) is 0 Å². The zero-order valence-electron chi connectivity index (χ0n) is 9.43. The number of nitrogens with two attached hydrogens (primary N) is 1. The van der Waals surface area contributed by atoms with Crippen LogP contribution in [0.5, 0.6) is 0 Å². The molecule has 0 spiro atoms. The highest BCUT2D eigenvalue weighted by atomic mass is 32.2. The molecule has 1 aliphatic rings. The standard InChI is InChI=1S/C11H11N5OS/c12-7-4-8-6(1-2-10(17)15-8)3-9(7)18-11-13-5-14-16-11/h3-5H,1-2,12H2,(H,15,17)(H,13,14,16). The van der Waals surface area contributed by atoms with E-state index in [0.29, 0.717) is 17.3 Å². The second kappa shape index (κ2) is 4.34. The van der Waals surface area contributed by atoms with Gasteiger partial charge < -0.3 is 11.1 Å². The zero-order chi connectivity index (χ0) is 12.5. The number of nitrogens with one attached hydrogen (secondary N) is 2. The lowest BCUT2D eigenvalue weighted by atomic mass is 10.0. The Balaban J connectivity index is 1.94. The van der Waals surface area contributed by atoms with Crippen molar-refractivity contribution in [3.05, 3.63) is 24.0 Å². The van der Waals surface area contributed by atoms with E-state index in [1.807, 2.05) is 6.07 Å². The van der Waals surface area contributed by atoms with Gasteiger partial charge in [0.25, 0.3) is 0 Å². The highest BCUT2D eigenvalue weighted by Crippen LogP contribution is 2.35. The molecule has 0 fully saturated rings. The van der Waals surface area contributed by atoms with Crippen LogP contribution >= 0.6 is 11.8 Å². The van der Waals surface area contributed by atoms with Gasteiger partial charge in [-0.25, -0.2) is 4.98 Å². The van der Waals surface area contributed by atoms with Gasteiger partial charge in [0.1, 0.15) is 6.33 Å². The molecule has 18 heavy (non-hydrogen) atoms. The van der Waals surface area contributed by atoms with E-state index in [9.17, 15) is 4.79 Å². The van der Waals surface area contributed by atoms with Crippen molar-refractivity contribution in [2.24, 2.45) is 0 Å². The molecule has 0 aliphatic carbocycles. The number of H-pyrrole nitrogens is 1. The van der Waals surface area contributed by atoms with Crippen molar-refractivity contribution in [3.8, 4) is 0 Å². The van der Waals surface area contributed by atoms with Crippen LogP contribution in [0.1, 0.15) is 12.0 Å². The molecule has 1 aromatic heterocycles. The zero-order valence-corrected chi connectivity index (χ0v) is 10.3. The van der Waals surface area contributed by atoms with Gasteiger partial charge in [-0.2, -0.15) is 5.10 Å². The maximum absolute atomic E-state index is 11.3. The second-order valence-corrected chi connectivity index (χ2v) is 5.02. The third-order valence-electron chi connectivity index (χ3n) is 2.73. The number of benzene rings is 1. The van der Waals surface area contributed by atoms with E-state index in [4.69, 9.17) is 5.73 Å². The van der Waals surface area contributed by atoms with Gasteiger partial charge in [0.15, 0.2) is 5.16 Å². The number of nitrogens with zero attached hydrogens (tertiary/aromatic N) is 2. The molecule has 4 N–H and O–H groups in total. The number of aryl methyl sites for hydroxylation is 1. The Morgan fingerprint density at radius 3 is 3.00 bits per heavy atom. The van der Waals surface area contributed by atoms with Crippen molar-refractivity contribution < 1.29 is 4.79 Å². The van der Waals surface area contributed by atoms with Gasteiger partial charge in [-0.3, -0.25) is 9.89 Å². The summed E-state index contributed by atoms with van der Waals surface area (Å²) in [6, 6.07) is 3.79. The third kappa shape index (κ3) is 2.04. The van der Waals surface area contributed by atoms with Crippen LogP contribution in [0.15, 0.2) is 28.5 Å². The molecule has 1 aromatic carbocycles. The van der Waals surface area contributed by atoms with Gasteiger partial charge in [-0.15, -0.1) is 0 Å². The number of carbonyl (C=O) groups excluding carboxylic acids is 1. The molecule has 1 amide bonds. The molecule has 0 atom stereocenters. The molecule has 0 bridgehead atoms. The summed E-state index contributed by atoms with van der Waals surface area (Å²) in [7, 11) is 0. The van der Waals surface area contributed by atoms with Crippen LogP contribution in [0.4, 0.5) is 11.4 Å². The number of nitrogen functional groups attached to an aromatic ring is 1. The van der Waals surface area contributed by atoms with Crippen molar-refractivity contribution >= 4 is 29.0 Å². The Bertz CT molecular complexity index is 596. The van der Waals surface area contributed by atoms with Crippen molar-refractivity contribution in [1.29, 1.82) is 0 Å². The SMILES string of the molecule is Nc1cc2c(cc1Sc1ncn[nH]1)CCC(=O)N2. The molecule has 0 unspecified atom stereocenters. The molecule has 2 aromatic rings. The average molecular weight is 261 g/mol. The average Bonchev–Trinajstić information content (AvgIpc) is 2.83. The van der Waals surface area contributed by atoms with Crippen molar-refractivity contribution in [3.63, 3.8) is 0 Å². The molecule has 7 heteroatoms. The number of aromatic amines is 1. The van der Waals surface area contributed by atoms with Crippen LogP contribution in [0.25, 0.3) is 0 Å². The normalized spacial score (nSPS) is 14.1. The maximum Gasteiger partial charge on any atom is 0.224 e. The van der Waals surface area contributed by atoms with Gasteiger partial charge in [0, 0.05) is 22.7 Å². The smallest absolute Gasteiger partial charge is 0.224 e. The summed E-state index contributed by atoms with van der Waals surface area (Å²) in [4.78, 5) is 16.3. The minimum absolute atomic E-state index is 0.0394. The number of carbonyl (C=O) groups is 1. The first-order valence-electron chi connectivity index (χ1n) is 5.48. The Morgan fingerprint density at radius 1 is 1.33 bits per heavy atom. The Morgan fingerprint density at radius 2 is 2.22 bits per heavy atom. The summed E-state index contributed by atoms with van der Waals surface area (Å²) in [5, 5.41) is 10.1. The lowest BCUT2D eigenvalue weighted by molar-refractivity contribution is -0.116. The molecule has 6 nitrogen and oxygen atoms in total. The molecule has 0 radical (unpaired) electrons. The first-order valence-corrected chi connectivity index (χ1v) is 6.29. The number of rotatable bonds is 2. The number of amides is 1. The number of hydrogen-bond donors (Lipinski definition) is 3. The summed E-state index contributed by atoms with van der Waals surface area (Å²) in [6.45, 7) is 0. The highest BCUT2D eigenvalue weighted by molar-refractivity contribution is 7.99. The maximum atomic E-state index is 11.3. The number of anilines is 2.